The Hall–Kier alpha value is -3.22. The van der Waals surface area contributed by atoms with Gasteiger partial charge in [0.05, 0.1) is 27.9 Å². The number of benzene rings is 2. The van der Waals surface area contributed by atoms with E-state index in [-0.39, 0.29) is 23.2 Å². The van der Waals surface area contributed by atoms with Gasteiger partial charge in [0.25, 0.3) is 0 Å². The Morgan fingerprint density at radius 1 is 0.923 bits per heavy atom. The molecule has 2 aromatic rings. The second-order valence-electron chi connectivity index (χ2n) is 10.8. The monoisotopic (exact) mass is 541 g/mol. The largest absolute Gasteiger partial charge is 0.493 e. The third kappa shape index (κ3) is 9.19. The Bertz CT molecular complexity index is 1090. The molecular formula is C32H47NO6. The van der Waals surface area contributed by atoms with E-state index in [1.165, 1.54) is 0 Å². The molecule has 0 aliphatic heterocycles. The first kappa shape index (κ1) is 32.0. The van der Waals surface area contributed by atoms with Crippen molar-refractivity contribution in [2.24, 2.45) is 0 Å². The van der Waals surface area contributed by atoms with Crippen LogP contribution in [0.3, 0.4) is 0 Å². The van der Waals surface area contributed by atoms with Gasteiger partial charge in [-0.05, 0) is 54.4 Å². The quantitative estimate of drug-likeness (QED) is 0.190. The van der Waals surface area contributed by atoms with Crippen molar-refractivity contribution < 1.29 is 28.5 Å². The standard InChI is InChI=1S/C32H47NO6/c1-9-11-12-13-23(24-16-18-27(36-6)31(38-8)30(24)37-7)21-28(34)33-26-20-22(15-19-29(35)39-10-2)14-17-25(26)32(3,4)5/h14,16-18,20,23H,9-13,15,19,21H2,1-8H3,(H,33,34). The maximum absolute atomic E-state index is 13.6. The number of hydrogen-bond donors (Lipinski definition) is 1. The lowest BCUT2D eigenvalue weighted by Gasteiger charge is -2.25. The molecule has 0 aliphatic rings. The summed E-state index contributed by atoms with van der Waals surface area (Å²) < 4.78 is 21.9. The number of nitrogens with one attached hydrogen (secondary N) is 1. The molecule has 0 aromatic heterocycles. The first-order valence-electron chi connectivity index (χ1n) is 14.0. The Kier molecular flexibility index (Phi) is 12.6. The maximum atomic E-state index is 13.6. The summed E-state index contributed by atoms with van der Waals surface area (Å²) in [4.78, 5) is 25.5. The average Bonchev–Trinajstić information content (AvgIpc) is 2.90. The molecule has 2 aromatic carbocycles. The Morgan fingerprint density at radius 3 is 2.23 bits per heavy atom. The fourth-order valence-electron chi connectivity index (χ4n) is 4.86. The van der Waals surface area contributed by atoms with Gasteiger partial charge in [-0.15, -0.1) is 0 Å². The molecule has 1 unspecified atom stereocenters. The number of carbonyl (C=O) groups is 2. The number of rotatable bonds is 15. The van der Waals surface area contributed by atoms with Gasteiger partial charge in [0.15, 0.2) is 11.5 Å². The van der Waals surface area contributed by atoms with Crippen molar-refractivity contribution in [1.82, 2.24) is 0 Å². The van der Waals surface area contributed by atoms with Crippen molar-refractivity contribution in [2.45, 2.75) is 90.9 Å². The fraction of sp³-hybridized carbons (Fsp3) is 0.562. The van der Waals surface area contributed by atoms with Crippen LogP contribution in [0.5, 0.6) is 17.2 Å². The lowest BCUT2D eigenvalue weighted by molar-refractivity contribution is -0.143. The van der Waals surface area contributed by atoms with E-state index in [1.807, 2.05) is 30.3 Å². The van der Waals surface area contributed by atoms with Crippen LogP contribution < -0.4 is 19.5 Å². The van der Waals surface area contributed by atoms with E-state index >= 15 is 0 Å². The molecule has 0 spiro atoms. The van der Waals surface area contributed by atoms with Crippen LogP contribution in [0.4, 0.5) is 5.69 Å². The molecule has 0 heterocycles. The van der Waals surface area contributed by atoms with Gasteiger partial charge >= 0.3 is 5.97 Å². The lowest BCUT2D eigenvalue weighted by atomic mass is 9.84. The van der Waals surface area contributed by atoms with Crippen LogP contribution in [0.1, 0.15) is 95.8 Å². The molecule has 0 saturated heterocycles. The molecule has 0 fully saturated rings. The number of hydrogen-bond acceptors (Lipinski definition) is 6. The van der Waals surface area contributed by atoms with Crippen molar-refractivity contribution in [1.29, 1.82) is 0 Å². The number of ether oxygens (including phenoxy) is 4. The molecule has 2 rings (SSSR count). The second kappa shape index (κ2) is 15.4. The van der Waals surface area contributed by atoms with Crippen molar-refractivity contribution in [3.05, 3.63) is 47.0 Å². The van der Waals surface area contributed by atoms with Crippen LogP contribution in [-0.4, -0.2) is 39.8 Å². The second-order valence-corrected chi connectivity index (χ2v) is 10.8. The third-order valence-corrected chi connectivity index (χ3v) is 6.85. The van der Waals surface area contributed by atoms with E-state index in [9.17, 15) is 9.59 Å². The highest BCUT2D eigenvalue weighted by Gasteiger charge is 2.26. The smallest absolute Gasteiger partial charge is 0.306 e. The van der Waals surface area contributed by atoms with Crippen molar-refractivity contribution in [2.75, 3.05) is 33.3 Å². The zero-order chi connectivity index (χ0) is 29.0. The zero-order valence-corrected chi connectivity index (χ0v) is 25.1. The fourth-order valence-corrected chi connectivity index (χ4v) is 4.86. The van der Waals surface area contributed by atoms with Crippen molar-refractivity contribution >= 4 is 17.6 Å². The van der Waals surface area contributed by atoms with Crippen LogP contribution >= 0.6 is 0 Å². The number of unbranched alkanes of at least 4 members (excludes halogenated alkanes) is 2. The first-order valence-corrected chi connectivity index (χ1v) is 14.0. The normalized spacial score (nSPS) is 12.0. The minimum atomic E-state index is -0.221. The summed E-state index contributed by atoms with van der Waals surface area (Å²) in [5.41, 5.74) is 3.56. The average molecular weight is 542 g/mol. The summed E-state index contributed by atoms with van der Waals surface area (Å²) in [6, 6.07) is 9.90. The Balaban J connectivity index is 2.36. The number of carbonyl (C=O) groups excluding carboxylic acids is 2. The van der Waals surface area contributed by atoms with E-state index in [1.54, 1.807) is 28.3 Å². The van der Waals surface area contributed by atoms with Gasteiger partial charge in [0.2, 0.25) is 11.7 Å². The van der Waals surface area contributed by atoms with Gasteiger partial charge in [-0.25, -0.2) is 0 Å². The molecule has 216 valence electrons. The summed E-state index contributed by atoms with van der Waals surface area (Å²) in [6.07, 6.45) is 5.18. The number of esters is 1. The Morgan fingerprint density at radius 2 is 1.64 bits per heavy atom. The first-order chi connectivity index (χ1) is 18.6. The number of aryl methyl sites for hydroxylation is 1. The molecule has 39 heavy (non-hydrogen) atoms. The molecule has 0 aliphatic carbocycles. The highest BCUT2D eigenvalue weighted by atomic mass is 16.5. The molecule has 7 nitrogen and oxygen atoms in total. The van der Waals surface area contributed by atoms with Crippen LogP contribution in [0.2, 0.25) is 0 Å². The minimum absolute atomic E-state index is 0.0589. The van der Waals surface area contributed by atoms with Gasteiger partial charge < -0.3 is 24.3 Å². The molecule has 0 bridgehead atoms. The predicted molar refractivity (Wildman–Crippen MR) is 156 cm³/mol. The van der Waals surface area contributed by atoms with Gasteiger partial charge in [-0.1, -0.05) is 65.2 Å². The van der Waals surface area contributed by atoms with Gasteiger partial charge in [-0.3, -0.25) is 9.59 Å². The lowest BCUT2D eigenvalue weighted by Crippen LogP contribution is -2.21. The number of anilines is 1. The third-order valence-electron chi connectivity index (χ3n) is 6.85. The maximum Gasteiger partial charge on any atom is 0.306 e. The summed E-state index contributed by atoms with van der Waals surface area (Å²) >= 11 is 0. The van der Waals surface area contributed by atoms with Crippen LogP contribution in [-0.2, 0) is 26.2 Å². The molecule has 1 amide bonds. The van der Waals surface area contributed by atoms with Crippen molar-refractivity contribution in [3.8, 4) is 17.2 Å². The summed E-state index contributed by atoms with van der Waals surface area (Å²) in [5, 5.41) is 3.20. The zero-order valence-electron chi connectivity index (χ0n) is 25.1. The van der Waals surface area contributed by atoms with Gasteiger partial charge in [0.1, 0.15) is 0 Å². The van der Waals surface area contributed by atoms with E-state index < -0.39 is 0 Å². The van der Waals surface area contributed by atoms with Crippen LogP contribution in [0.25, 0.3) is 0 Å². The van der Waals surface area contributed by atoms with Gasteiger partial charge in [0, 0.05) is 24.1 Å². The molecular weight excluding hydrogens is 494 g/mol. The van der Waals surface area contributed by atoms with E-state index in [0.29, 0.717) is 43.1 Å². The Labute approximate surface area is 234 Å². The van der Waals surface area contributed by atoms with E-state index in [2.05, 4.69) is 33.0 Å². The topological polar surface area (TPSA) is 83.1 Å². The van der Waals surface area contributed by atoms with Gasteiger partial charge in [-0.2, -0.15) is 0 Å². The SMILES string of the molecule is CCCCCC(CC(=O)Nc1cc(CCC(=O)OCC)ccc1C(C)(C)C)c1ccc(OC)c(OC)c1OC. The predicted octanol–water partition coefficient (Wildman–Crippen LogP) is 7.20. The highest BCUT2D eigenvalue weighted by Crippen LogP contribution is 2.44. The highest BCUT2D eigenvalue weighted by molar-refractivity contribution is 5.92. The summed E-state index contributed by atoms with van der Waals surface area (Å²) in [6.45, 7) is 10.7. The van der Waals surface area contributed by atoms with Crippen LogP contribution in [0.15, 0.2) is 30.3 Å². The van der Waals surface area contributed by atoms with E-state index in [4.69, 9.17) is 18.9 Å². The van der Waals surface area contributed by atoms with Crippen molar-refractivity contribution in [3.63, 3.8) is 0 Å². The van der Waals surface area contributed by atoms with Crippen LogP contribution in [0, 0.1) is 0 Å². The molecule has 7 heteroatoms. The van der Waals surface area contributed by atoms with E-state index in [0.717, 1.165) is 48.1 Å². The molecule has 1 N–H and O–H groups in total. The number of methoxy groups -OCH3 is 3. The molecule has 0 saturated carbocycles. The molecule has 0 radical (unpaired) electrons. The minimum Gasteiger partial charge on any atom is -0.493 e. The summed E-state index contributed by atoms with van der Waals surface area (Å²) in [5.74, 6) is 1.37. The summed E-state index contributed by atoms with van der Waals surface area (Å²) in [7, 11) is 4.80. The number of amides is 1. The molecule has 1 atom stereocenters.